The van der Waals surface area contributed by atoms with Crippen molar-refractivity contribution in [3.63, 3.8) is 0 Å². The van der Waals surface area contributed by atoms with Crippen molar-refractivity contribution >= 4 is 44.7 Å². The highest BCUT2D eigenvalue weighted by molar-refractivity contribution is 9.09. The van der Waals surface area contributed by atoms with E-state index in [2.05, 4.69) is 36.9 Å². The maximum Gasteiger partial charge on any atom is 0.247 e. The SMILES string of the molecule is CNC(=O)[C@H]1[C@@H]2OC3(CC2Br)C(C(=O)NCn2nnc4ccccc42)N(CCCCCO)C(=O)[C@H]13. The van der Waals surface area contributed by atoms with Gasteiger partial charge in [0.15, 0.2) is 0 Å². The number of benzene rings is 1. The Morgan fingerprint density at radius 1 is 1.26 bits per heavy atom. The number of hydrogen-bond donors (Lipinski definition) is 3. The van der Waals surface area contributed by atoms with Crippen molar-refractivity contribution < 1.29 is 24.2 Å². The number of carbonyl (C=O) groups excluding carboxylic acids is 3. The van der Waals surface area contributed by atoms with E-state index in [0.29, 0.717) is 25.8 Å². The lowest BCUT2D eigenvalue weighted by molar-refractivity contribution is -0.142. The van der Waals surface area contributed by atoms with E-state index in [0.717, 1.165) is 17.5 Å². The summed E-state index contributed by atoms with van der Waals surface area (Å²) in [6.45, 7) is 0.511. The molecule has 3 saturated heterocycles. The van der Waals surface area contributed by atoms with Gasteiger partial charge in [-0.1, -0.05) is 33.3 Å². The van der Waals surface area contributed by atoms with Gasteiger partial charge in [0.25, 0.3) is 0 Å². The minimum absolute atomic E-state index is 0.0745. The third kappa shape index (κ3) is 3.82. The lowest BCUT2D eigenvalue weighted by atomic mass is 9.70. The van der Waals surface area contributed by atoms with Gasteiger partial charge in [0.1, 0.15) is 23.8 Å². The molecule has 35 heavy (non-hydrogen) atoms. The summed E-state index contributed by atoms with van der Waals surface area (Å²) in [7, 11) is 1.54. The molecule has 4 heterocycles. The molecule has 3 fully saturated rings. The fourth-order valence-electron chi connectivity index (χ4n) is 5.99. The van der Waals surface area contributed by atoms with E-state index in [1.165, 1.54) is 0 Å². The monoisotopic (exact) mass is 548 g/mol. The van der Waals surface area contributed by atoms with Crippen LogP contribution in [0.3, 0.4) is 0 Å². The highest BCUT2D eigenvalue weighted by atomic mass is 79.9. The van der Waals surface area contributed by atoms with Gasteiger partial charge in [0.2, 0.25) is 17.7 Å². The minimum atomic E-state index is -1.08. The molecule has 0 saturated carbocycles. The number of ether oxygens (including phenoxy) is 1. The maximum absolute atomic E-state index is 13.7. The molecule has 3 N–H and O–H groups in total. The molecule has 12 heteroatoms. The third-order valence-corrected chi connectivity index (χ3v) is 8.31. The van der Waals surface area contributed by atoms with Crippen LogP contribution in [0.4, 0.5) is 0 Å². The highest BCUT2D eigenvalue weighted by Gasteiger charge is 2.76. The summed E-state index contributed by atoms with van der Waals surface area (Å²) in [6, 6.07) is 6.58. The first-order valence-electron chi connectivity index (χ1n) is 11.9. The van der Waals surface area contributed by atoms with Crippen molar-refractivity contribution in [1.82, 2.24) is 30.5 Å². The molecule has 0 aliphatic carbocycles. The van der Waals surface area contributed by atoms with Crippen molar-refractivity contribution in [2.75, 3.05) is 20.2 Å². The van der Waals surface area contributed by atoms with Crippen molar-refractivity contribution in [3.8, 4) is 0 Å². The van der Waals surface area contributed by atoms with E-state index in [-0.39, 0.29) is 35.8 Å². The summed E-state index contributed by atoms with van der Waals surface area (Å²) < 4.78 is 7.99. The van der Waals surface area contributed by atoms with Crippen LogP contribution in [0.2, 0.25) is 0 Å². The Bertz CT molecular complexity index is 1140. The molecule has 1 spiro atoms. The zero-order chi connectivity index (χ0) is 24.7. The molecule has 5 rings (SSSR count). The molecular weight excluding hydrogens is 520 g/mol. The van der Waals surface area contributed by atoms with Gasteiger partial charge in [-0.05, 0) is 37.8 Å². The number of halogens is 1. The van der Waals surface area contributed by atoms with Crippen molar-refractivity contribution in [3.05, 3.63) is 24.3 Å². The number of carbonyl (C=O) groups is 3. The number of likely N-dealkylation sites (tertiary alicyclic amines) is 1. The van der Waals surface area contributed by atoms with Crippen LogP contribution < -0.4 is 10.6 Å². The highest BCUT2D eigenvalue weighted by Crippen LogP contribution is 2.59. The molecule has 6 atom stereocenters. The predicted octanol–water partition coefficient (Wildman–Crippen LogP) is 0.162. The van der Waals surface area contributed by atoms with Crippen LogP contribution in [0.5, 0.6) is 0 Å². The number of aromatic nitrogens is 3. The fourth-order valence-corrected chi connectivity index (χ4v) is 6.93. The molecular formula is C23H29BrN6O5. The summed E-state index contributed by atoms with van der Waals surface area (Å²) in [4.78, 5) is 41.6. The van der Waals surface area contributed by atoms with E-state index in [4.69, 9.17) is 9.84 Å². The van der Waals surface area contributed by atoms with Gasteiger partial charge >= 0.3 is 0 Å². The molecule has 11 nitrogen and oxygen atoms in total. The Balaban J connectivity index is 1.43. The molecule has 3 unspecified atom stereocenters. The molecule has 2 aromatic rings. The second kappa shape index (κ2) is 9.47. The minimum Gasteiger partial charge on any atom is -0.396 e. The topological polar surface area (TPSA) is 139 Å². The third-order valence-electron chi connectivity index (χ3n) is 7.47. The first-order chi connectivity index (χ1) is 16.9. The number of fused-ring (bicyclic) bond motifs is 2. The molecule has 3 aliphatic heterocycles. The number of nitrogens with zero attached hydrogens (tertiary/aromatic N) is 4. The number of nitrogens with one attached hydrogen (secondary N) is 2. The number of alkyl halides is 1. The van der Waals surface area contributed by atoms with Crippen LogP contribution in [0, 0.1) is 11.8 Å². The number of amides is 3. The van der Waals surface area contributed by atoms with Gasteiger partial charge in [-0.15, -0.1) is 5.10 Å². The zero-order valence-electron chi connectivity index (χ0n) is 19.4. The number of aliphatic hydroxyl groups excluding tert-OH is 1. The Morgan fingerprint density at radius 2 is 2.06 bits per heavy atom. The van der Waals surface area contributed by atoms with Crippen LogP contribution in [0.15, 0.2) is 24.3 Å². The van der Waals surface area contributed by atoms with E-state index < -0.39 is 29.6 Å². The second-order valence-electron chi connectivity index (χ2n) is 9.37. The molecule has 3 amide bonds. The normalized spacial score (nSPS) is 31.2. The summed E-state index contributed by atoms with van der Waals surface area (Å²) in [6.07, 6.45) is 1.96. The number of para-hydroxylation sites is 1. The standard InChI is InChI=1S/C23H29BrN6O5/c1-25-20(32)16-17-22(34)29(9-5-2-6-10-31)19(23(17)11-13(24)18(16)35-23)21(33)26-12-30-15-8-4-3-7-14(15)27-28-30/h3-4,7-8,13,16-19,31H,2,5-6,9-12H2,1H3,(H,25,32)(H,26,33)/t13?,16-,17+,18-,19?,23?/m1/s1. The molecule has 1 aromatic heterocycles. The zero-order valence-corrected chi connectivity index (χ0v) is 21.0. The fraction of sp³-hybridized carbons (Fsp3) is 0.609. The molecule has 2 bridgehead atoms. The molecule has 3 aliphatic rings. The van der Waals surface area contributed by atoms with Gasteiger partial charge in [-0.25, -0.2) is 4.68 Å². The largest absolute Gasteiger partial charge is 0.396 e. The average molecular weight is 549 g/mol. The van der Waals surface area contributed by atoms with Gasteiger partial charge in [0.05, 0.1) is 23.5 Å². The number of aliphatic hydroxyl groups is 1. The van der Waals surface area contributed by atoms with Gasteiger partial charge < -0.3 is 25.4 Å². The van der Waals surface area contributed by atoms with Crippen LogP contribution in [0.25, 0.3) is 11.0 Å². The lowest BCUT2D eigenvalue weighted by Crippen LogP contribution is -2.56. The first kappa shape index (κ1) is 24.1. The molecule has 1 aromatic carbocycles. The first-order valence-corrected chi connectivity index (χ1v) is 12.8. The summed E-state index contributed by atoms with van der Waals surface area (Å²) in [5.41, 5.74) is 0.416. The van der Waals surface area contributed by atoms with E-state index in [1.54, 1.807) is 16.6 Å². The van der Waals surface area contributed by atoms with Gasteiger partial charge in [0, 0.05) is 25.0 Å². The van der Waals surface area contributed by atoms with Crippen LogP contribution in [-0.4, -0.2) is 85.5 Å². The Hall–Kier alpha value is -2.57. The number of rotatable bonds is 9. The summed E-state index contributed by atoms with van der Waals surface area (Å²) in [5, 5.41) is 23.0. The van der Waals surface area contributed by atoms with Crippen LogP contribution in [0.1, 0.15) is 25.7 Å². The van der Waals surface area contributed by atoms with Crippen LogP contribution >= 0.6 is 15.9 Å². The van der Waals surface area contributed by atoms with Crippen molar-refractivity contribution in [2.24, 2.45) is 11.8 Å². The van der Waals surface area contributed by atoms with E-state index >= 15 is 0 Å². The van der Waals surface area contributed by atoms with Crippen molar-refractivity contribution in [1.29, 1.82) is 0 Å². The average Bonchev–Trinajstić information content (AvgIpc) is 3.57. The summed E-state index contributed by atoms with van der Waals surface area (Å²) >= 11 is 3.64. The van der Waals surface area contributed by atoms with Gasteiger partial charge in [-0.3, -0.25) is 14.4 Å². The number of unbranched alkanes of at least 4 members (excludes halogenated alkanes) is 2. The van der Waals surface area contributed by atoms with E-state index in [9.17, 15) is 14.4 Å². The summed E-state index contributed by atoms with van der Waals surface area (Å²) in [5.74, 6) is -2.21. The predicted molar refractivity (Wildman–Crippen MR) is 128 cm³/mol. The second-order valence-corrected chi connectivity index (χ2v) is 10.5. The smallest absolute Gasteiger partial charge is 0.247 e. The molecule has 0 radical (unpaired) electrons. The molecule has 188 valence electrons. The Kier molecular flexibility index (Phi) is 6.53. The number of hydrogen-bond acceptors (Lipinski definition) is 7. The quantitative estimate of drug-likeness (QED) is 0.299. The van der Waals surface area contributed by atoms with Crippen molar-refractivity contribution in [2.45, 2.75) is 54.9 Å². The Morgan fingerprint density at radius 3 is 2.83 bits per heavy atom. The Labute approximate surface area is 210 Å². The van der Waals surface area contributed by atoms with Crippen LogP contribution in [-0.2, 0) is 25.8 Å². The maximum atomic E-state index is 13.7. The van der Waals surface area contributed by atoms with E-state index in [1.807, 2.05) is 24.3 Å². The lowest BCUT2D eigenvalue weighted by Gasteiger charge is -2.34. The van der Waals surface area contributed by atoms with Gasteiger partial charge in [-0.2, -0.15) is 0 Å².